The Kier molecular flexibility index (Phi) is 7.51. The molecule has 1 saturated heterocycles. The minimum Gasteiger partial charge on any atom is -0.382 e. The number of benzene rings is 3. The van der Waals surface area contributed by atoms with Gasteiger partial charge in [-0.05, 0) is 23.3 Å². The van der Waals surface area contributed by atoms with E-state index in [9.17, 15) is 4.79 Å². The van der Waals surface area contributed by atoms with Gasteiger partial charge in [-0.25, -0.2) is 19.6 Å². The molecule has 0 spiro atoms. The van der Waals surface area contributed by atoms with Gasteiger partial charge in [0, 0.05) is 31.7 Å². The van der Waals surface area contributed by atoms with Crippen LogP contribution < -0.4 is 5.73 Å². The van der Waals surface area contributed by atoms with E-state index in [1.54, 1.807) is 6.33 Å². The number of fused-ring (bicyclic) bond motifs is 1. The molecule has 0 radical (unpaired) electrons. The number of piperazine rings is 1. The topological polar surface area (TPSA) is 124 Å². The van der Waals surface area contributed by atoms with Gasteiger partial charge in [0.05, 0.1) is 31.2 Å². The van der Waals surface area contributed by atoms with Gasteiger partial charge in [-0.2, -0.15) is 0 Å². The third-order valence-electron chi connectivity index (χ3n) is 8.20. The van der Waals surface area contributed by atoms with E-state index in [0.717, 1.165) is 29.9 Å². The number of nitrogens with zero attached hydrogens (tertiary/aromatic N) is 9. The Balaban J connectivity index is 1.21. The van der Waals surface area contributed by atoms with Crippen LogP contribution in [-0.4, -0.2) is 76.4 Å². The summed E-state index contributed by atoms with van der Waals surface area (Å²) < 4.78 is 3.84. The largest absolute Gasteiger partial charge is 0.382 e. The highest BCUT2D eigenvalue weighted by molar-refractivity contribution is 5.94. The van der Waals surface area contributed by atoms with E-state index in [0.29, 0.717) is 37.0 Å². The van der Waals surface area contributed by atoms with Gasteiger partial charge in [0.25, 0.3) is 5.91 Å². The second-order valence-corrected chi connectivity index (χ2v) is 10.9. The summed E-state index contributed by atoms with van der Waals surface area (Å²) in [5.41, 5.74) is 10.3. The van der Waals surface area contributed by atoms with Crippen molar-refractivity contribution in [2.75, 3.05) is 31.9 Å². The Hall–Kier alpha value is -5.42. The molecular weight excluding hydrogens is 552 g/mol. The Morgan fingerprint density at radius 2 is 1.41 bits per heavy atom. The maximum Gasteiger partial charge on any atom is 0.253 e. The number of rotatable bonds is 8. The van der Waals surface area contributed by atoms with Crippen molar-refractivity contribution in [1.29, 1.82) is 0 Å². The van der Waals surface area contributed by atoms with Crippen LogP contribution in [0.5, 0.6) is 0 Å². The van der Waals surface area contributed by atoms with Crippen LogP contribution in [-0.2, 0) is 6.54 Å². The summed E-state index contributed by atoms with van der Waals surface area (Å²) in [6.45, 7) is 3.14. The summed E-state index contributed by atoms with van der Waals surface area (Å²) in [4.78, 5) is 30.5. The smallest absolute Gasteiger partial charge is 0.253 e. The van der Waals surface area contributed by atoms with E-state index < -0.39 is 0 Å². The maximum atomic E-state index is 13.2. The zero-order valence-corrected chi connectivity index (χ0v) is 24.1. The van der Waals surface area contributed by atoms with E-state index in [4.69, 9.17) is 5.73 Å². The van der Waals surface area contributed by atoms with Gasteiger partial charge >= 0.3 is 0 Å². The van der Waals surface area contributed by atoms with Crippen LogP contribution in [0.4, 0.5) is 5.82 Å². The fourth-order valence-electron chi connectivity index (χ4n) is 6.05. The van der Waals surface area contributed by atoms with Crippen molar-refractivity contribution < 1.29 is 4.79 Å². The molecule has 1 aromatic heterocycles. The summed E-state index contributed by atoms with van der Waals surface area (Å²) in [5.74, 6) is 1.06. The molecule has 11 heteroatoms. The van der Waals surface area contributed by atoms with Crippen LogP contribution in [0, 0.1) is 0 Å². The van der Waals surface area contributed by atoms with E-state index in [-0.39, 0.29) is 18.0 Å². The predicted octanol–water partition coefficient (Wildman–Crippen LogP) is 3.79. The van der Waals surface area contributed by atoms with Gasteiger partial charge in [0.1, 0.15) is 17.7 Å². The van der Waals surface area contributed by atoms with Crippen molar-refractivity contribution in [3.8, 4) is 11.5 Å². The number of aromatic nitrogens is 7. The Bertz CT molecular complexity index is 1800. The van der Waals surface area contributed by atoms with Crippen LogP contribution in [0.25, 0.3) is 11.5 Å². The van der Waals surface area contributed by atoms with E-state index in [1.165, 1.54) is 11.9 Å². The third kappa shape index (κ3) is 5.40. The Morgan fingerprint density at radius 3 is 2.09 bits per heavy atom. The van der Waals surface area contributed by atoms with Crippen molar-refractivity contribution >= 4 is 11.7 Å². The lowest BCUT2D eigenvalue weighted by atomic mass is 9.91. The molecule has 3 aliphatic rings. The van der Waals surface area contributed by atoms with Gasteiger partial charge in [0.2, 0.25) is 0 Å². The Morgan fingerprint density at radius 1 is 0.773 bits per heavy atom. The highest BCUT2D eigenvalue weighted by Gasteiger charge is 2.35. The Labute approximate surface area is 255 Å². The molecule has 3 aromatic carbocycles. The van der Waals surface area contributed by atoms with Crippen molar-refractivity contribution in [2.24, 2.45) is 0 Å². The fraction of sp³-hybridized carbons (Fsp3) is 0.212. The van der Waals surface area contributed by atoms with Crippen LogP contribution in [0.3, 0.4) is 0 Å². The molecule has 0 saturated carbocycles. The summed E-state index contributed by atoms with van der Waals surface area (Å²) in [6, 6.07) is 30.2. The summed E-state index contributed by atoms with van der Waals surface area (Å²) in [6.07, 6.45) is 5.14. The van der Waals surface area contributed by atoms with Crippen molar-refractivity contribution in [2.45, 2.75) is 18.6 Å². The number of anilines is 1. The fourth-order valence-corrected chi connectivity index (χ4v) is 6.05. The molecule has 4 aromatic rings. The zero-order chi connectivity index (χ0) is 29.9. The van der Waals surface area contributed by atoms with Crippen LogP contribution in [0.15, 0.2) is 110 Å². The number of carbonyl (C=O) groups excluding carboxylic acids is 1. The molecule has 2 atom stereocenters. The number of nitrogens with two attached hydrogens (primary N) is 1. The zero-order valence-electron chi connectivity index (χ0n) is 24.1. The van der Waals surface area contributed by atoms with Gasteiger partial charge in [-0.15, -0.1) is 5.10 Å². The van der Waals surface area contributed by atoms with Crippen molar-refractivity contribution in [3.63, 3.8) is 0 Å². The minimum atomic E-state index is -0.176. The lowest BCUT2D eigenvalue weighted by Gasteiger charge is -2.42. The molecule has 1 fully saturated rings. The van der Waals surface area contributed by atoms with Crippen LogP contribution in [0.1, 0.15) is 39.3 Å². The molecular formula is C33H32N10O. The lowest BCUT2D eigenvalue weighted by molar-refractivity contribution is 0.0511. The van der Waals surface area contributed by atoms with E-state index in [1.807, 2.05) is 62.8 Å². The lowest BCUT2D eigenvalue weighted by Crippen LogP contribution is -2.51. The average molecular weight is 585 g/mol. The normalized spacial score (nSPS) is 15.3. The summed E-state index contributed by atoms with van der Waals surface area (Å²) in [5, 5.41) is 9.25. The summed E-state index contributed by atoms with van der Waals surface area (Å²) in [7, 11) is 0. The van der Waals surface area contributed by atoms with Gasteiger partial charge in [-0.3, -0.25) is 9.69 Å². The molecule has 0 bridgehead atoms. The highest BCUT2D eigenvalue weighted by Crippen LogP contribution is 2.37. The van der Waals surface area contributed by atoms with Gasteiger partial charge in [-0.1, -0.05) is 84.1 Å². The van der Waals surface area contributed by atoms with Crippen LogP contribution >= 0.6 is 0 Å². The number of carbonyl (C=O) groups is 1. The molecule has 4 heterocycles. The summed E-state index contributed by atoms with van der Waals surface area (Å²) >= 11 is 0. The molecule has 11 nitrogen and oxygen atoms in total. The van der Waals surface area contributed by atoms with Gasteiger partial charge < -0.3 is 15.2 Å². The third-order valence-corrected chi connectivity index (χ3v) is 8.20. The molecule has 7 rings (SSSR count). The highest BCUT2D eigenvalue weighted by atomic mass is 16.2. The van der Waals surface area contributed by atoms with Crippen LogP contribution in [0.2, 0.25) is 0 Å². The molecule has 1 amide bonds. The average Bonchev–Trinajstić information content (AvgIpc) is 3.77. The van der Waals surface area contributed by atoms with E-state index in [2.05, 4.69) is 78.7 Å². The molecule has 0 aliphatic carbocycles. The first-order valence-corrected chi connectivity index (χ1v) is 14.7. The molecule has 220 valence electrons. The number of imidazole rings is 1. The first-order chi connectivity index (χ1) is 21.7. The number of hydrogen-bond donors (Lipinski definition) is 1. The number of hydrogen-bond acceptors (Lipinski definition) is 8. The standard InChI is InChI=1S/C33H32N10O/c34-31-28-32(36-22-35-28)42(23-37-31)20-27-21-43(39-38-27)30(25-12-6-2-7-13-25)29(24-10-4-1-5-11-24)40-16-18-41(19-17-40)33(44)26-14-8-3-9-15-26/h1-15,21-23,29-30H,16-20,34H2/t29-,30+/m0/s1. The number of amides is 1. The molecule has 2 N–H and O–H groups in total. The van der Waals surface area contributed by atoms with Crippen molar-refractivity contribution in [1.82, 2.24) is 44.3 Å². The van der Waals surface area contributed by atoms with Crippen molar-refractivity contribution in [3.05, 3.63) is 132 Å². The maximum absolute atomic E-state index is 13.2. The number of nitrogen functional groups attached to an aromatic ring is 1. The quantitative estimate of drug-likeness (QED) is 0.287. The molecule has 0 unspecified atom stereocenters. The predicted molar refractivity (Wildman–Crippen MR) is 166 cm³/mol. The second kappa shape index (κ2) is 12.1. The minimum absolute atomic E-state index is 0.0550. The molecule has 44 heavy (non-hydrogen) atoms. The SMILES string of the molecule is Nc1ncn(Cc2cn([C@H](c3ccccc3)[C@H](c3ccccc3)N3CCN(C(=O)c4ccccc4)CC3)nn2)c2ncnc1-2. The second-order valence-electron chi connectivity index (χ2n) is 10.9. The van der Waals surface area contributed by atoms with E-state index >= 15 is 0 Å². The first-order valence-electron chi connectivity index (χ1n) is 14.7. The monoisotopic (exact) mass is 584 g/mol. The molecule has 3 aliphatic heterocycles. The van der Waals surface area contributed by atoms with Gasteiger partial charge in [0.15, 0.2) is 11.6 Å². The first kappa shape index (κ1) is 27.4.